The van der Waals surface area contributed by atoms with Crippen molar-refractivity contribution in [2.75, 3.05) is 19.6 Å². The number of hydrogen-bond acceptors (Lipinski definition) is 4. The zero-order chi connectivity index (χ0) is 15.5. The summed E-state index contributed by atoms with van der Waals surface area (Å²) in [5, 5.41) is 11.5. The van der Waals surface area contributed by atoms with Gasteiger partial charge in [-0.05, 0) is 48.4 Å². The van der Waals surface area contributed by atoms with Crippen molar-refractivity contribution in [3.05, 3.63) is 30.5 Å². The minimum absolute atomic E-state index is 0.0750. The summed E-state index contributed by atoms with van der Waals surface area (Å²) in [5.41, 5.74) is 0. The van der Waals surface area contributed by atoms with Crippen molar-refractivity contribution in [3.8, 4) is 11.6 Å². The summed E-state index contributed by atoms with van der Waals surface area (Å²) in [6.07, 6.45) is 4.06. The predicted molar refractivity (Wildman–Crippen MR) is 88.3 cm³/mol. The van der Waals surface area contributed by atoms with Crippen molar-refractivity contribution >= 4 is 10.8 Å². The Morgan fingerprint density at radius 1 is 1.27 bits per heavy atom. The van der Waals surface area contributed by atoms with Crippen molar-refractivity contribution in [2.45, 2.75) is 32.8 Å². The molecular formula is C18H24N2O2. The largest absolute Gasteiger partial charge is 0.493 e. The number of fused-ring (bicyclic) bond motifs is 1. The minimum atomic E-state index is 0.0750. The fourth-order valence-corrected chi connectivity index (χ4v) is 3.13. The Bertz CT molecular complexity index is 634. The molecule has 0 radical (unpaired) electrons. The number of pyridine rings is 1. The number of rotatable bonds is 4. The quantitative estimate of drug-likeness (QED) is 0.939. The number of aromatic nitrogens is 1. The van der Waals surface area contributed by atoms with Crippen LogP contribution < -0.4 is 4.74 Å². The fourth-order valence-electron chi connectivity index (χ4n) is 3.13. The van der Waals surface area contributed by atoms with Gasteiger partial charge in [0.15, 0.2) is 0 Å². The average molecular weight is 300 g/mol. The van der Waals surface area contributed by atoms with Crippen LogP contribution in [0.4, 0.5) is 0 Å². The number of ether oxygens (including phenoxy) is 1. The van der Waals surface area contributed by atoms with Crippen LogP contribution >= 0.6 is 0 Å². The van der Waals surface area contributed by atoms with Crippen molar-refractivity contribution in [1.29, 1.82) is 0 Å². The highest BCUT2D eigenvalue weighted by atomic mass is 16.5. The second kappa shape index (κ2) is 6.53. The summed E-state index contributed by atoms with van der Waals surface area (Å²) < 4.78 is 6.13. The maximum Gasteiger partial charge on any atom is 0.218 e. The van der Waals surface area contributed by atoms with Crippen LogP contribution in [0.25, 0.3) is 10.8 Å². The topological polar surface area (TPSA) is 45.6 Å². The molecule has 1 aliphatic heterocycles. The smallest absolute Gasteiger partial charge is 0.218 e. The van der Waals surface area contributed by atoms with E-state index in [2.05, 4.69) is 23.7 Å². The van der Waals surface area contributed by atoms with Crippen LogP contribution in [0.15, 0.2) is 30.5 Å². The molecular weight excluding hydrogens is 276 g/mol. The summed E-state index contributed by atoms with van der Waals surface area (Å²) in [7, 11) is 0. The van der Waals surface area contributed by atoms with Gasteiger partial charge in [-0.15, -0.1) is 0 Å². The third-order valence-electron chi connectivity index (χ3n) is 4.18. The Morgan fingerprint density at radius 2 is 2.05 bits per heavy atom. The molecule has 22 heavy (non-hydrogen) atoms. The molecule has 1 fully saturated rings. The van der Waals surface area contributed by atoms with E-state index in [9.17, 15) is 5.11 Å². The Morgan fingerprint density at radius 3 is 2.77 bits per heavy atom. The van der Waals surface area contributed by atoms with Crippen molar-refractivity contribution in [1.82, 2.24) is 9.88 Å². The number of benzene rings is 1. The van der Waals surface area contributed by atoms with Gasteiger partial charge in [-0.25, -0.2) is 4.98 Å². The van der Waals surface area contributed by atoms with Crippen LogP contribution in [0.3, 0.4) is 0 Å². The van der Waals surface area contributed by atoms with Gasteiger partial charge in [0.1, 0.15) is 11.9 Å². The first-order valence-corrected chi connectivity index (χ1v) is 8.08. The van der Waals surface area contributed by atoms with E-state index in [1.807, 2.05) is 24.3 Å². The van der Waals surface area contributed by atoms with E-state index in [0.717, 1.165) is 48.4 Å². The van der Waals surface area contributed by atoms with Gasteiger partial charge >= 0.3 is 0 Å². The molecule has 1 aliphatic rings. The molecule has 4 nitrogen and oxygen atoms in total. The van der Waals surface area contributed by atoms with Crippen molar-refractivity contribution in [2.24, 2.45) is 5.92 Å². The summed E-state index contributed by atoms with van der Waals surface area (Å²) in [6, 6.07) is 7.68. The Hall–Kier alpha value is -1.81. The van der Waals surface area contributed by atoms with E-state index in [4.69, 9.17) is 4.74 Å². The van der Waals surface area contributed by atoms with Crippen LogP contribution in [0.5, 0.6) is 11.6 Å². The number of nitrogens with zero attached hydrogens (tertiary/aromatic N) is 2. The number of hydrogen-bond donors (Lipinski definition) is 1. The number of piperidine rings is 1. The van der Waals surface area contributed by atoms with Crippen molar-refractivity contribution in [3.63, 3.8) is 0 Å². The fraction of sp³-hybridized carbons (Fsp3) is 0.500. The van der Waals surface area contributed by atoms with Gasteiger partial charge in [-0.3, -0.25) is 0 Å². The zero-order valence-corrected chi connectivity index (χ0v) is 13.3. The van der Waals surface area contributed by atoms with Gasteiger partial charge in [0.25, 0.3) is 0 Å². The summed E-state index contributed by atoms with van der Waals surface area (Å²) in [6.45, 7) is 7.93. The molecule has 0 spiro atoms. The third kappa shape index (κ3) is 3.50. The lowest BCUT2D eigenvalue weighted by Gasteiger charge is -2.33. The molecule has 2 heterocycles. The second-order valence-electron chi connectivity index (χ2n) is 6.53. The lowest BCUT2D eigenvalue weighted by Crippen LogP contribution is -2.39. The summed E-state index contributed by atoms with van der Waals surface area (Å²) in [4.78, 5) is 6.42. The SMILES string of the molecule is CC(C)CN1CCC(Oc2ccc3c(O)nccc3c2)CC1. The first-order chi connectivity index (χ1) is 10.6. The lowest BCUT2D eigenvalue weighted by molar-refractivity contribution is 0.0942. The van der Waals surface area contributed by atoms with E-state index >= 15 is 0 Å². The van der Waals surface area contributed by atoms with Crippen LogP contribution in [0.1, 0.15) is 26.7 Å². The first-order valence-electron chi connectivity index (χ1n) is 8.08. The molecule has 1 aromatic heterocycles. The highest BCUT2D eigenvalue weighted by molar-refractivity contribution is 5.87. The normalized spacial score (nSPS) is 17.2. The van der Waals surface area contributed by atoms with Gasteiger partial charge in [-0.2, -0.15) is 0 Å². The Labute approximate surface area is 131 Å². The monoisotopic (exact) mass is 300 g/mol. The van der Waals surface area contributed by atoms with Crippen LogP contribution in [0, 0.1) is 5.92 Å². The van der Waals surface area contributed by atoms with E-state index < -0.39 is 0 Å². The molecule has 0 atom stereocenters. The highest BCUT2D eigenvalue weighted by Crippen LogP contribution is 2.27. The molecule has 0 bridgehead atoms. The second-order valence-corrected chi connectivity index (χ2v) is 6.53. The molecule has 2 aromatic rings. The average Bonchev–Trinajstić information content (AvgIpc) is 2.49. The number of aromatic hydroxyl groups is 1. The zero-order valence-electron chi connectivity index (χ0n) is 13.3. The van der Waals surface area contributed by atoms with Crippen molar-refractivity contribution < 1.29 is 9.84 Å². The lowest BCUT2D eigenvalue weighted by atomic mass is 10.1. The minimum Gasteiger partial charge on any atom is -0.493 e. The van der Waals surface area contributed by atoms with Crippen LogP contribution in [-0.2, 0) is 0 Å². The molecule has 1 N–H and O–H groups in total. The molecule has 0 unspecified atom stereocenters. The Balaban J connectivity index is 1.62. The molecule has 0 aliphatic carbocycles. The standard InChI is InChI=1S/C18H24N2O2/c1-13(2)12-20-9-6-15(7-10-20)22-16-3-4-17-14(11-16)5-8-19-18(17)21/h3-5,8,11,13,15H,6-7,9-10,12H2,1-2H3,(H,19,21). The van der Waals surface area contributed by atoms with Crippen LogP contribution in [-0.4, -0.2) is 40.7 Å². The van der Waals surface area contributed by atoms with Gasteiger partial charge < -0.3 is 14.7 Å². The highest BCUT2D eigenvalue weighted by Gasteiger charge is 2.21. The predicted octanol–water partition coefficient (Wildman–Crippen LogP) is 3.44. The third-order valence-corrected chi connectivity index (χ3v) is 4.18. The van der Waals surface area contributed by atoms with Gasteiger partial charge in [-0.1, -0.05) is 13.8 Å². The maximum absolute atomic E-state index is 9.73. The van der Waals surface area contributed by atoms with E-state index in [-0.39, 0.29) is 12.0 Å². The van der Waals surface area contributed by atoms with Crippen LogP contribution in [0.2, 0.25) is 0 Å². The van der Waals surface area contributed by atoms with Gasteiger partial charge in [0, 0.05) is 31.2 Å². The Kier molecular flexibility index (Phi) is 4.48. The van der Waals surface area contributed by atoms with E-state index in [0.29, 0.717) is 0 Å². The van der Waals surface area contributed by atoms with E-state index in [1.54, 1.807) is 6.20 Å². The van der Waals surface area contributed by atoms with Gasteiger partial charge in [0.05, 0.1) is 0 Å². The van der Waals surface area contributed by atoms with E-state index in [1.165, 1.54) is 6.54 Å². The first kappa shape index (κ1) is 15.1. The molecule has 4 heteroatoms. The molecule has 118 valence electrons. The molecule has 1 aromatic carbocycles. The summed E-state index contributed by atoms with van der Waals surface area (Å²) >= 11 is 0. The number of likely N-dealkylation sites (tertiary alicyclic amines) is 1. The summed E-state index contributed by atoms with van der Waals surface area (Å²) in [5.74, 6) is 1.67. The van der Waals surface area contributed by atoms with Gasteiger partial charge in [0.2, 0.25) is 5.88 Å². The molecule has 0 saturated carbocycles. The maximum atomic E-state index is 9.73. The molecule has 3 rings (SSSR count). The molecule has 1 saturated heterocycles. The molecule has 0 amide bonds.